The predicted molar refractivity (Wildman–Crippen MR) is 49.7 cm³/mol. The highest BCUT2D eigenvalue weighted by Gasteiger charge is 2.23. The van der Waals surface area contributed by atoms with Gasteiger partial charge in [-0.05, 0) is 26.4 Å². The van der Waals surface area contributed by atoms with Gasteiger partial charge in [0.25, 0.3) is 0 Å². The summed E-state index contributed by atoms with van der Waals surface area (Å²) in [6, 6.07) is 0. The number of aliphatic hydroxyl groups excluding tert-OH is 1. The monoisotopic (exact) mass is 197 g/mol. The van der Waals surface area contributed by atoms with E-state index < -0.39 is 0 Å². The molecule has 0 bridgehead atoms. The first kappa shape index (κ1) is 9.61. The largest absolute Gasteiger partial charge is 0.388 e. The Morgan fingerprint density at radius 2 is 2.50 bits per heavy atom. The maximum atomic E-state index is 8.81. The van der Waals surface area contributed by atoms with Crippen molar-refractivity contribution < 1.29 is 9.63 Å². The molecule has 1 aromatic rings. The van der Waals surface area contributed by atoms with Crippen molar-refractivity contribution in [1.29, 1.82) is 0 Å². The highest BCUT2D eigenvalue weighted by Crippen LogP contribution is 2.24. The van der Waals surface area contributed by atoms with Crippen LogP contribution in [0.3, 0.4) is 0 Å². The zero-order valence-corrected chi connectivity index (χ0v) is 8.31. The topological polar surface area (TPSA) is 62.4 Å². The fraction of sp³-hybridized carbons (Fsp3) is 0.778. The molecule has 1 aliphatic heterocycles. The van der Waals surface area contributed by atoms with Crippen molar-refractivity contribution in [3.05, 3.63) is 11.7 Å². The summed E-state index contributed by atoms with van der Waals surface area (Å²) in [4.78, 5) is 6.39. The van der Waals surface area contributed by atoms with Crippen LogP contribution in [0, 0.1) is 0 Å². The van der Waals surface area contributed by atoms with Crippen LogP contribution in [-0.2, 0) is 6.61 Å². The number of likely N-dealkylation sites (tertiary alicyclic amines) is 1. The number of piperidine rings is 1. The van der Waals surface area contributed by atoms with Gasteiger partial charge in [-0.1, -0.05) is 5.16 Å². The van der Waals surface area contributed by atoms with Gasteiger partial charge in [0.15, 0.2) is 5.82 Å². The van der Waals surface area contributed by atoms with Crippen LogP contribution >= 0.6 is 0 Å². The smallest absolute Gasteiger partial charge is 0.231 e. The van der Waals surface area contributed by atoms with Gasteiger partial charge in [-0.15, -0.1) is 0 Å². The first-order chi connectivity index (χ1) is 6.79. The number of rotatable bonds is 2. The summed E-state index contributed by atoms with van der Waals surface area (Å²) >= 11 is 0. The average Bonchev–Trinajstić information content (AvgIpc) is 2.66. The minimum absolute atomic E-state index is 0.147. The molecule has 2 rings (SSSR count). The lowest BCUT2D eigenvalue weighted by molar-refractivity contribution is 0.218. The quantitative estimate of drug-likeness (QED) is 0.742. The second-order valence-corrected chi connectivity index (χ2v) is 3.81. The van der Waals surface area contributed by atoms with Crippen LogP contribution in [0.5, 0.6) is 0 Å². The SMILES string of the molecule is CN1CCCC(c2nc(CO)no2)C1. The molecule has 1 atom stereocenters. The summed E-state index contributed by atoms with van der Waals surface area (Å²) in [5, 5.41) is 12.5. The molecular weight excluding hydrogens is 182 g/mol. The minimum Gasteiger partial charge on any atom is -0.388 e. The molecular formula is C9H15N3O2. The van der Waals surface area contributed by atoms with Crippen LogP contribution in [0.25, 0.3) is 0 Å². The molecule has 5 nitrogen and oxygen atoms in total. The maximum absolute atomic E-state index is 8.81. The average molecular weight is 197 g/mol. The lowest BCUT2D eigenvalue weighted by atomic mass is 9.98. The van der Waals surface area contributed by atoms with Crippen molar-refractivity contribution in [2.75, 3.05) is 20.1 Å². The zero-order chi connectivity index (χ0) is 9.97. The van der Waals surface area contributed by atoms with Gasteiger partial charge in [0.2, 0.25) is 5.89 Å². The van der Waals surface area contributed by atoms with E-state index in [9.17, 15) is 0 Å². The molecule has 14 heavy (non-hydrogen) atoms. The van der Waals surface area contributed by atoms with E-state index in [1.165, 1.54) is 0 Å². The van der Waals surface area contributed by atoms with Gasteiger partial charge < -0.3 is 14.5 Å². The first-order valence-electron chi connectivity index (χ1n) is 4.91. The summed E-state index contributed by atoms with van der Waals surface area (Å²) in [6.45, 7) is 1.95. The number of hydrogen-bond donors (Lipinski definition) is 1. The molecule has 78 valence electrons. The van der Waals surface area contributed by atoms with Crippen molar-refractivity contribution in [2.24, 2.45) is 0 Å². The first-order valence-corrected chi connectivity index (χ1v) is 4.91. The molecule has 1 saturated heterocycles. The van der Waals surface area contributed by atoms with E-state index in [2.05, 4.69) is 22.1 Å². The van der Waals surface area contributed by atoms with Gasteiger partial charge in [-0.3, -0.25) is 0 Å². The van der Waals surface area contributed by atoms with Crippen molar-refractivity contribution in [3.8, 4) is 0 Å². The molecule has 1 aromatic heterocycles. The molecule has 1 aliphatic rings. The van der Waals surface area contributed by atoms with E-state index in [1.54, 1.807) is 0 Å². The maximum Gasteiger partial charge on any atom is 0.231 e. The molecule has 2 heterocycles. The molecule has 0 radical (unpaired) electrons. The number of aliphatic hydroxyl groups is 1. The Bertz CT molecular complexity index is 300. The zero-order valence-electron chi connectivity index (χ0n) is 8.31. The van der Waals surface area contributed by atoms with Crippen LogP contribution in [0.15, 0.2) is 4.52 Å². The summed E-state index contributed by atoms with van der Waals surface area (Å²) in [6.07, 6.45) is 2.26. The lowest BCUT2D eigenvalue weighted by Crippen LogP contribution is -2.30. The van der Waals surface area contributed by atoms with E-state index in [1.807, 2.05) is 0 Å². The fourth-order valence-corrected chi connectivity index (χ4v) is 1.87. The van der Waals surface area contributed by atoms with E-state index in [-0.39, 0.29) is 6.61 Å². The summed E-state index contributed by atoms with van der Waals surface area (Å²) in [5.41, 5.74) is 0. The van der Waals surface area contributed by atoms with Gasteiger partial charge in [-0.25, -0.2) is 0 Å². The Morgan fingerprint density at radius 1 is 1.64 bits per heavy atom. The van der Waals surface area contributed by atoms with Gasteiger partial charge in [-0.2, -0.15) is 4.98 Å². The molecule has 0 aromatic carbocycles. The van der Waals surface area contributed by atoms with E-state index in [0.29, 0.717) is 17.6 Å². The highest BCUT2D eigenvalue weighted by atomic mass is 16.5. The van der Waals surface area contributed by atoms with E-state index in [0.717, 1.165) is 25.9 Å². The van der Waals surface area contributed by atoms with Crippen LogP contribution in [0.1, 0.15) is 30.5 Å². The Balaban J connectivity index is 2.06. The van der Waals surface area contributed by atoms with Crippen molar-refractivity contribution in [1.82, 2.24) is 15.0 Å². The van der Waals surface area contributed by atoms with Gasteiger partial charge in [0.05, 0.1) is 5.92 Å². The fourth-order valence-electron chi connectivity index (χ4n) is 1.87. The number of hydrogen-bond acceptors (Lipinski definition) is 5. The molecule has 1 unspecified atom stereocenters. The van der Waals surface area contributed by atoms with E-state index in [4.69, 9.17) is 9.63 Å². The Kier molecular flexibility index (Phi) is 2.79. The summed E-state index contributed by atoms with van der Waals surface area (Å²) in [5.74, 6) is 1.38. The molecule has 5 heteroatoms. The van der Waals surface area contributed by atoms with Crippen LogP contribution in [0.4, 0.5) is 0 Å². The standard InChI is InChI=1S/C9H15N3O2/c1-12-4-2-3-7(5-12)9-10-8(6-13)11-14-9/h7,13H,2-6H2,1H3. The van der Waals surface area contributed by atoms with Crippen molar-refractivity contribution in [3.63, 3.8) is 0 Å². The molecule has 0 amide bonds. The Labute approximate surface area is 82.7 Å². The van der Waals surface area contributed by atoms with E-state index >= 15 is 0 Å². The molecule has 0 saturated carbocycles. The Morgan fingerprint density at radius 3 is 3.14 bits per heavy atom. The third kappa shape index (κ3) is 1.93. The minimum atomic E-state index is -0.147. The summed E-state index contributed by atoms with van der Waals surface area (Å²) in [7, 11) is 2.09. The van der Waals surface area contributed by atoms with Crippen LogP contribution in [0.2, 0.25) is 0 Å². The van der Waals surface area contributed by atoms with Crippen LogP contribution < -0.4 is 0 Å². The van der Waals surface area contributed by atoms with Crippen molar-refractivity contribution in [2.45, 2.75) is 25.4 Å². The number of aromatic nitrogens is 2. The summed E-state index contributed by atoms with van der Waals surface area (Å²) < 4.78 is 5.10. The van der Waals surface area contributed by atoms with Gasteiger partial charge in [0, 0.05) is 6.54 Å². The lowest BCUT2D eigenvalue weighted by Gasteiger charge is -2.27. The predicted octanol–water partition coefficient (Wildman–Crippen LogP) is 0.371. The number of nitrogens with zero attached hydrogens (tertiary/aromatic N) is 3. The molecule has 0 aliphatic carbocycles. The van der Waals surface area contributed by atoms with Crippen LogP contribution in [-0.4, -0.2) is 40.3 Å². The normalized spacial score (nSPS) is 24.0. The number of likely N-dealkylation sites (N-methyl/N-ethyl adjacent to an activating group) is 1. The second kappa shape index (κ2) is 4.06. The van der Waals surface area contributed by atoms with Crippen molar-refractivity contribution >= 4 is 0 Å². The third-order valence-electron chi connectivity index (χ3n) is 2.60. The third-order valence-corrected chi connectivity index (χ3v) is 2.60. The molecule has 1 N–H and O–H groups in total. The van der Waals surface area contributed by atoms with Gasteiger partial charge >= 0.3 is 0 Å². The molecule has 1 fully saturated rings. The highest BCUT2D eigenvalue weighted by molar-refractivity contribution is 4.96. The second-order valence-electron chi connectivity index (χ2n) is 3.81. The van der Waals surface area contributed by atoms with Gasteiger partial charge in [0.1, 0.15) is 6.61 Å². The molecule has 0 spiro atoms. The Hall–Kier alpha value is -0.940.